The van der Waals surface area contributed by atoms with Crippen LogP contribution in [0.25, 0.3) is 0 Å². The van der Waals surface area contributed by atoms with Crippen molar-refractivity contribution >= 4 is 23.5 Å². The molecule has 3 rings (SSSR count). The van der Waals surface area contributed by atoms with E-state index < -0.39 is 0 Å². The molecule has 1 aromatic carbocycles. The molecule has 1 N–H and O–H groups in total. The van der Waals surface area contributed by atoms with E-state index >= 15 is 0 Å². The summed E-state index contributed by atoms with van der Waals surface area (Å²) in [6.07, 6.45) is 2.05. The number of carbonyl (C=O) groups is 1. The van der Waals surface area contributed by atoms with Crippen LogP contribution >= 0.6 is 11.8 Å². The van der Waals surface area contributed by atoms with Gasteiger partial charge < -0.3 is 14.6 Å². The van der Waals surface area contributed by atoms with Gasteiger partial charge in [0.2, 0.25) is 5.91 Å². The van der Waals surface area contributed by atoms with Crippen LogP contribution in [0.15, 0.2) is 34.2 Å². The SMILES string of the molecule is CCOc1ccccc1[C@@H]1CC(=O)Nc2c1c(=O)nc(SC)n2C. The molecular formula is C17H19N3O3S. The fraction of sp³-hybridized carbons (Fsp3) is 0.353. The third-order valence-electron chi connectivity index (χ3n) is 4.08. The highest BCUT2D eigenvalue weighted by atomic mass is 32.2. The van der Waals surface area contributed by atoms with Gasteiger partial charge in [0.05, 0.1) is 12.2 Å². The number of nitrogens with zero attached hydrogens (tertiary/aromatic N) is 2. The van der Waals surface area contributed by atoms with E-state index in [1.165, 1.54) is 11.8 Å². The second kappa shape index (κ2) is 6.68. The maximum Gasteiger partial charge on any atom is 0.279 e. The molecule has 0 radical (unpaired) electrons. The molecule has 0 bridgehead atoms. The molecule has 126 valence electrons. The Morgan fingerprint density at radius 2 is 2.12 bits per heavy atom. The number of thioether (sulfide) groups is 1. The summed E-state index contributed by atoms with van der Waals surface area (Å²) >= 11 is 1.37. The molecule has 0 aliphatic carbocycles. The topological polar surface area (TPSA) is 73.2 Å². The molecule has 2 heterocycles. The molecule has 1 aromatic heterocycles. The lowest BCUT2D eigenvalue weighted by Crippen LogP contribution is -2.33. The fourth-order valence-corrected chi connectivity index (χ4v) is 3.58. The molecule has 6 nitrogen and oxygen atoms in total. The average Bonchev–Trinajstić information content (AvgIpc) is 2.58. The minimum Gasteiger partial charge on any atom is -0.494 e. The van der Waals surface area contributed by atoms with Gasteiger partial charge in [-0.2, -0.15) is 4.98 Å². The zero-order valence-corrected chi connectivity index (χ0v) is 14.6. The molecule has 0 fully saturated rings. The summed E-state index contributed by atoms with van der Waals surface area (Å²) in [4.78, 5) is 29.0. The highest BCUT2D eigenvalue weighted by Crippen LogP contribution is 2.39. The van der Waals surface area contributed by atoms with Gasteiger partial charge in [-0.1, -0.05) is 30.0 Å². The maximum atomic E-state index is 12.6. The van der Waals surface area contributed by atoms with Crippen molar-refractivity contribution in [3.63, 3.8) is 0 Å². The number of para-hydroxylation sites is 1. The molecule has 24 heavy (non-hydrogen) atoms. The Balaban J connectivity index is 2.22. The molecule has 0 saturated heterocycles. The van der Waals surface area contributed by atoms with Crippen molar-refractivity contribution in [2.75, 3.05) is 18.2 Å². The molecule has 0 saturated carbocycles. The summed E-state index contributed by atoms with van der Waals surface area (Å²) in [5.74, 6) is 0.735. The number of nitrogens with one attached hydrogen (secondary N) is 1. The molecular weight excluding hydrogens is 326 g/mol. The minimum absolute atomic E-state index is 0.118. The van der Waals surface area contributed by atoms with Crippen LogP contribution in [0.1, 0.15) is 30.4 Å². The molecule has 2 aromatic rings. The van der Waals surface area contributed by atoms with Crippen molar-refractivity contribution < 1.29 is 9.53 Å². The van der Waals surface area contributed by atoms with E-state index in [4.69, 9.17) is 4.74 Å². The van der Waals surface area contributed by atoms with Crippen molar-refractivity contribution in [1.29, 1.82) is 0 Å². The number of aromatic nitrogens is 2. The number of hydrogen-bond donors (Lipinski definition) is 1. The van der Waals surface area contributed by atoms with Crippen LogP contribution in [0.2, 0.25) is 0 Å². The number of carbonyl (C=O) groups excluding carboxylic acids is 1. The van der Waals surface area contributed by atoms with Gasteiger partial charge in [-0.3, -0.25) is 9.59 Å². The number of hydrogen-bond acceptors (Lipinski definition) is 5. The molecule has 0 spiro atoms. The number of amides is 1. The molecule has 1 aliphatic heterocycles. The van der Waals surface area contributed by atoms with Crippen molar-refractivity contribution in [2.45, 2.75) is 24.4 Å². The van der Waals surface area contributed by atoms with Crippen molar-refractivity contribution in [1.82, 2.24) is 9.55 Å². The van der Waals surface area contributed by atoms with Gasteiger partial charge >= 0.3 is 0 Å². The van der Waals surface area contributed by atoms with Gasteiger partial charge in [-0.05, 0) is 19.2 Å². The van der Waals surface area contributed by atoms with Crippen LogP contribution in [0.4, 0.5) is 5.82 Å². The smallest absolute Gasteiger partial charge is 0.279 e. The molecule has 7 heteroatoms. The molecule has 1 atom stereocenters. The van der Waals surface area contributed by atoms with Gasteiger partial charge in [0.15, 0.2) is 5.16 Å². The van der Waals surface area contributed by atoms with Crippen molar-refractivity contribution in [3.05, 3.63) is 45.7 Å². The summed E-state index contributed by atoms with van der Waals surface area (Å²) in [5, 5.41) is 3.39. The van der Waals surface area contributed by atoms with E-state index in [1.807, 2.05) is 37.4 Å². The number of ether oxygens (including phenoxy) is 1. The van der Waals surface area contributed by atoms with Gasteiger partial charge in [0.25, 0.3) is 5.56 Å². The minimum atomic E-state index is -0.362. The first-order valence-electron chi connectivity index (χ1n) is 7.73. The quantitative estimate of drug-likeness (QED) is 0.680. The van der Waals surface area contributed by atoms with Crippen LogP contribution in [0, 0.1) is 0 Å². The second-order valence-corrected chi connectivity index (χ2v) is 6.27. The third kappa shape index (κ3) is 2.80. The first-order valence-corrected chi connectivity index (χ1v) is 8.95. The van der Waals surface area contributed by atoms with E-state index in [1.54, 1.807) is 11.6 Å². The van der Waals surface area contributed by atoms with Crippen molar-refractivity contribution in [2.24, 2.45) is 7.05 Å². The molecule has 0 unspecified atom stereocenters. The highest BCUT2D eigenvalue weighted by Gasteiger charge is 2.33. The number of benzene rings is 1. The van der Waals surface area contributed by atoms with E-state index in [0.29, 0.717) is 28.9 Å². The maximum absolute atomic E-state index is 12.6. The Morgan fingerprint density at radius 3 is 2.83 bits per heavy atom. The van der Waals surface area contributed by atoms with Gasteiger partial charge in [0.1, 0.15) is 11.6 Å². The zero-order chi connectivity index (χ0) is 17.3. The molecule has 1 amide bonds. The lowest BCUT2D eigenvalue weighted by Gasteiger charge is -2.28. The van der Waals surface area contributed by atoms with Crippen LogP contribution in [0.5, 0.6) is 5.75 Å². The Labute approximate surface area is 144 Å². The number of rotatable bonds is 4. The lowest BCUT2D eigenvalue weighted by atomic mass is 9.86. The average molecular weight is 345 g/mol. The first-order chi connectivity index (χ1) is 11.6. The van der Waals surface area contributed by atoms with E-state index in [2.05, 4.69) is 10.3 Å². The van der Waals surface area contributed by atoms with Gasteiger partial charge in [0, 0.05) is 24.9 Å². The van der Waals surface area contributed by atoms with E-state index in [-0.39, 0.29) is 23.8 Å². The lowest BCUT2D eigenvalue weighted by molar-refractivity contribution is -0.116. The predicted octanol–water partition coefficient (Wildman–Crippen LogP) is 2.38. The number of anilines is 1. The van der Waals surface area contributed by atoms with Crippen molar-refractivity contribution in [3.8, 4) is 5.75 Å². The summed E-state index contributed by atoms with van der Waals surface area (Å²) in [6, 6.07) is 7.53. The Kier molecular flexibility index (Phi) is 4.62. The fourth-order valence-electron chi connectivity index (χ4n) is 3.04. The standard InChI is InChI=1S/C17H19N3O3S/c1-4-23-12-8-6-5-7-10(12)11-9-13(21)18-15-14(11)16(22)19-17(24-3)20(15)2/h5-8,11H,4,9H2,1-3H3,(H,18,21)/t11-/m0/s1. The normalized spacial score (nSPS) is 16.5. The van der Waals surface area contributed by atoms with Gasteiger partial charge in [-0.15, -0.1) is 0 Å². The summed E-state index contributed by atoms with van der Waals surface area (Å²) in [6.45, 7) is 2.42. The van der Waals surface area contributed by atoms with Crippen LogP contribution in [0.3, 0.4) is 0 Å². The Bertz CT molecular complexity index is 847. The van der Waals surface area contributed by atoms with Gasteiger partial charge in [-0.25, -0.2) is 0 Å². The van der Waals surface area contributed by atoms with Crippen LogP contribution < -0.4 is 15.6 Å². The highest BCUT2D eigenvalue weighted by molar-refractivity contribution is 7.98. The van der Waals surface area contributed by atoms with E-state index in [0.717, 1.165) is 5.56 Å². The van der Waals surface area contributed by atoms with Crippen LogP contribution in [-0.4, -0.2) is 28.3 Å². The third-order valence-corrected chi connectivity index (χ3v) is 4.81. The second-order valence-electron chi connectivity index (χ2n) is 5.50. The summed E-state index contributed by atoms with van der Waals surface area (Å²) < 4.78 is 7.45. The Hall–Kier alpha value is -2.28. The molecule has 1 aliphatic rings. The summed E-state index contributed by atoms with van der Waals surface area (Å²) in [5.41, 5.74) is 1.05. The zero-order valence-electron chi connectivity index (χ0n) is 13.8. The van der Waals surface area contributed by atoms with E-state index in [9.17, 15) is 9.59 Å². The Morgan fingerprint density at radius 1 is 1.38 bits per heavy atom. The predicted molar refractivity (Wildman–Crippen MR) is 94.0 cm³/mol. The van der Waals surface area contributed by atoms with Crippen LogP contribution in [-0.2, 0) is 11.8 Å². The first kappa shape index (κ1) is 16.6. The summed E-state index contributed by atoms with van der Waals surface area (Å²) in [7, 11) is 1.80. The largest absolute Gasteiger partial charge is 0.494 e. The number of fused-ring (bicyclic) bond motifs is 1. The monoisotopic (exact) mass is 345 g/mol.